The number of likely N-dealkylation sites (N-methyl/N-ethyl adjacent to an activating group) is 1. The van der Waals surface area contributed by atoms with Gasteiger partial charge < -0.3 is 10.2 Å². The van der Waals surface area contributed by atoms with Crippen LogP contribution in [0.5, 0.6) is 0 Å². The van der Waals surface area contributed by atoms with Gasteiger partial charge in [0.15, 0.2) is 0 Å². The van der Waals surface area contributed by atoms with Gasteiger partial charge >= 0.3 is 0 Å². The second-order valence-electron chi connectivity index (χ2n) is 8.34. The van der Waals surface area contributed by atoms with E-state index in [2.05, 4.69) is 52.9 Å². The number of nitrogens with one attached hydrogen (secondary N) is 1. The molecule has 0 aliphatic carbocycles. The number of hydrogen-bond donors (Lipinski definition) is 1. The molecule has 0 saturated carbocycles. The number of carbonyl (C=O) groups is 1. The van der Waals surface area contributed by atoms with Gasteiger partial charge in [-0.25, -0.2) is 0 Å². The first-order valence-electron chi connectivity index (χ1n) is 8.07. The summed E-state index contributed by atoms with van der Waals surface area (Å²) in [7, 11) is 1.86. The Labute approximate surface area is 136 Å². The quantitative estimate of drug-likeness (QED) is 0.899. The first kappa shape index (κ1) is 18.7. The van der Waals surface area contributed by atoms with Crippen molar-refractivity contribution < 1.29 is 4.79 Å². The summed E-state index contributed by atoms with van der Waals surface area (Å²) < 4.78 is 0. The fourth-order valence-electron chi connectivity index (χ4n) is 2.35. The molecule has 1 aromatic rings. The second kappa shape index (κ2) is 7.28. The van der Waals surface area contributed by atoms with Crippen LogP contribution >= 0.6 is 0 Å². The highest BCUT2D eigenvalue weighted by atomic mass is 16.2. The topological polar surface area (TPSA) is 32.3 Å². The van der Waals surface area contributed by atoms with Crippen molar-refractivity contribution in [1.29, 1.82) is 0 Å². The highest BCUT2D eigenvalue weighted by Gasteiger charge is 2.16. The van der Waals surface area contributed by atoms with Crippen molar-refractivity contribution in [2.45, 2.75) is 53.5 Å². The molecule has 0 bridgehead atoms. The van der Waals surface area contributed by atoms with Crippen LogP contribution in [0.15, 0.2) is 24.3 Å². The minimum absolute atomic E-state index is 0.0799. The molecule has 1 aromatic carbocycles. The van der Waals surface area contributed by atoms with Gasteiger partial charge in [0.25, 0.3) is 5.91 Å². The number of nitrogens with zero attached hydrogens (tertiary/aromatic N) is 1. The standard InChI is InChI=1S/C19H32N2O/c1-18(2,3)14-15-9-8-10-16(13-15)17(22)21(7)12-11-20-19(4,5)6/h8-10,13,20H,11-12,14H2,1-7H3. The summed E-state index contributed by atoms with van der Waals surface area (Å²) in [5.74, 6) is 0.0893. The van der Waals surface area contributed by atoms with E-state index in [9.17, 15) is 4.79 Å². The number of benzene rings is 1. The third kappa shape index (κ3) is 7.08. The average Bonchev–Trinajstić information content (AvgIpc) is 2.34. The lowest BCUT2D eigenvalue weighted by atomic mass is 9.87. The van der Waals surface area contributed by atoms with Gasteiger partial charge in [-0.2, -0.15) is 0 Å². The molecule has 22 heavy (non-hydrogen) atoms. The lowest BCUT2D eigenvalue weighted by Gasteiger charge is -2.24. The third-order valence-electron chi connectivity index (χ3n) is 3.36. The molecule has 124 valence electrons. The lowest BCUT2D eigenvalue weighted by Crippen LogP contribution is -2.41. The molecule has 1 amide bonds. The Balaban J connectivity index is 2.66. The van der Waals surface area contributed by atoms with Gasteiger partial charge in [0.2, 0.25) is 0 Å². The zero-order chi connectivity index (χ0) is 17.0. The van der Waals surface area contributed by atoms with E-state index in [4.69, 9.17) is 0 Å². The van der Waals surface area contributed by atoms with Crippen LogP contribution in [0.3, 0.4) is 0 Å². The van der Waals surface area contributed by atoms with E-state index >= 15 is 0 Å². The van der Waals surface area contributed by atoms with E-state index in [1.807, 2.05) is 25.2 Å². The summed E-state index contributed by atoms with van der Waals surface area (Å²) in [5.41, 5.74) is 2.31. The van der Waals surface area contributed by atoms with E-state index in [0.29, 0.717) is 6.54 Å². The van der Waals surface area contributed by atoms with Crippen LogP contribution in [-0.2, 0) is 6.42 Å². The molecule has 0 unspecified atom stereocenters. The van der Waals surface area contributed by atoms with Crippen LogP contribution in [0.25, 0.3) is 0 Å². The summed E-state index contributed by atoms with van der Waals surface area (Å²) in [4.78, 5) is 14.3. The van der Waals surface area contributed by atoms with E-state index < -0.39 is 0 Å². The Kier molecular flexibility index (Phi) is 6.18. The maximum absolute atomic E-state index is 12.5. The van der Waals surface area contributed by atoms with Crippen LogP contribution in [0, 0.1) is 5.41 Å². The molecule has 0 aromatic heterocycles. The summed E-state index contributed by atoms with van der Waals surface area (Å²) in [6.07, 6.45) is 0.976. The highest BCUT2D eigenvalue weighted by Crippen LogP contribution is 2.21. The van der Waals surface area contributed by atoms with Gasteiger partial charge in [0.1, 0.15) is 0 Å². The molecule has 0 radical (unpaired) electrons. The monoisotopic (exact) mass is 304 g/mol. The van der Waals surface area contributed by atoms with Crippen LogP contribution in [0.2, 0.25) is 0 Å². The van der Waals surface area contributed by atoms with Gasteiger partial charge in [0.05, 0.1) is 0 Å². The van der Waals surface area contributed by atoms with Crippen LogP contribution in [0.1, 0.15) is 57.5 Å². The normalized spacial score (nSPS) is 12.3. The van der Waals surface area contributed by atoms with Crippen molar-refractivity contribution in [1.82, 2.24) is 10.2 Å². The molecule has 3 heteroatoms. The largest absolute Gasteiger partial charge is 0.340 e. The van der Waals surface area contributed by atoms with Crippen LogP contribution in [0.4, 0.5) is 0 Å². The predicted molar refractivity (Wildman–Crippen MR) is 94.3 cm³/mol. The molecule has 3 nitrogen and oxygen atoms in total. The van der Waals surface area contributed by atoms with Gasteiger partial charge in [0, 0.05) is 31.2 Å². The summed E-state index contributed by atoms with van der Waals surface area (Å²) >= 11 is 0. The lowest BCUT2D eigenvalue weighted by molar-refractivity contribution is 0.0793. The highest BCUT2D eigenvalue weighted by molar-refractivity contribution is 5.94. The van der Waals surface area contributed by atoms with Crippen molar-refractivity contribution >= 4 is 5.91 Å². The number of carbonyl (C=O) groups excluding carboxylic acids is 1. The molecule has 0 atom stereocenters. The number of hydrogen-bond acceptors (Lipinski definition) is 2. The van der Waals surface area contributed by atoms with Crippen molar-refractivity contribution in [3.8, 4) is 0 Å². The molecular weight excluding hydrogens is 272 g/mol. The fourth-order valence-corrected chi connectivity index (χ4v) is 2.35. The Morgan fingerprint density at radius 1 is 1.14 bits per heavy atom. The van der Waals surface area contributed by atoms with Crippen LogP contribution < -0.4 is 5.32 Å². The smallest absolute Gasteiger partial charge is 0.253 e. The molecule has 1 N–H and O–H groups in total. The van der Waals surface area contributed by atoms with Crippen molar-refractivity contribution in [3.63, 3.8) is 0 Å². The molecule has 0 spiro atoms. The van der Waals surface area contributed by atoms with E-state index in [-0.39, 0.29) is 16.9 Å². The summed E-state index contributed by atoms with van der Waals surface area (Å²) in [5, 5.41) is 3.41. The molecule has 0 heterocycles. The average molecular weight is 304 g/mol. The molecule has 0 aliphatic heterocycles. The first-order valence-corrected chi connectivity index (χ1v) is 8.07. The Morgan fingerprint density at radius 2 is 1.77 bits per heavy atom. The zero-order valence-corrected chi connectivity index (χ0v) is 15.3. The molecule has 1 rings (SSSR count). The van der Waals surface area contributed by atoms with Gasteiger partial charge in [-0.05, 0) is 50.3 Å². The van der Waals surface area contributed by atoms with E-state index in [1.54, 1.807) is 4.90 Å². The van der Waals surface area contributed by atoms with Gasteiger partial charge in [-0.3, -0.25) is 4.79 Å². The maximum Gasteiger partial charge on any atom is 0.253 e. The van der Waals surface area contributed by atoms with Gasteiger partial charge in [-0.15, -0.1) is 0 Å². The Bertz CT molecular complexity index is 495. The van der Waals surface area contributed by atoms with E-state index in [0.717, 1.165) is 18.5 Å². The second-order valence-corrected chi connectivity index (χ2v) is 8.34. The van der Waals surface area contributed by atoms with Crippen molar-refractivity contribution in [2.24, 2.45) is 5.41 Å². The van der Waals surface area contributed by atoms with Crippen molar-refractivity contribution in [3.05, 3.63) is 35.4 Å². The summed E-state index contributed by atoms with van der Waals surface area (Å²) in [6.45, 7) is 14.5. The number of amides is 1. The predicted octanol–water partition coefficient (Wildman–Crippen LogP) is 3.74. The Morgan fingerprint density at radius 3 is 2.32 bits per heavy atom. The minimum Gasteiger partial charge on any atom is -0.340 e. The van der Waals surface area contributed by atoms with Crippen molar-refractivity contribution in [2.75, 3.05) is 20.1 Å². The third-order valence-corrected chi connectivity index (χ3v) is 3.36. The first-order chi connectivity index (χ1) is 9.98. The molecule has 0 aliphatic rings. The maximum atomic E-state index is 12.5. The SMILES string of the molecule is CN(CCNC(C)(C)C)C(=O)c1cccc(CC(C)(C)C)c1. The van der Waals surface area contributed by atoms with Gasteiger partial charge in [-0.1, -0.05) is 32.9 Å². The molecule has 0 saturated heterocycles. The zero-order valence-electron chi connectivity index (χ0n) is 15.3. The van der Waals surface area contributed by atoms with Crippen LogP contribution in [-0.4, -0.2) is 36.5 Å². The molecule has 0 fully saturated rings. The fraction of sp³-hybridized carbons (Fsp3) is 0.632. The number of rotatable bonds is 5. The molecular formula is C19H32N2O. The summed E-state index contributed by atoms with van der Waals surface area (Å²) in [6, 6.07) is 8.02. The Hall–Kier alpha value is -1.35. The minimum atomic E-state index is 0.0799. The van der Waals surface area contributed by atoms with E-state index in [1.165, 1.54) is 5.56 Å².